The number of sulfone groups is 1. The molecule has 0 radical (unpaired) electrons. The normalized spacial score (nSPS) is 11.3. The minimum absolute atomic E-state index is 0.170. The number of hydrogen-bond donors (Lipinski definition) is 1. The van der Waals surface area contributed by atoms with Crippen molar-refractivity contribution in [3.63, 3.8) is 0 Å². The van der Waals surface area contributed by atoms with E-state index in [1.807, 2.05) is 19.9 Å². The Morgan fingerprint density at radius 2 is 1.85 bits per heavy atom. The molecule has 2 heterocycles. The van der Waals surface area contributed by atoms with Crippen LogP contribution < -0.4 is 5.32 Å². The van der Waals surface area contributed by atoms with Crippen molar-refractivity contribution < 1.29 is 13.2 Å². The highest BCUT2D eigenvalue weighted by atomic mass is 32.2. The third-order valence-electron chi connectivity index (χ3n) is 3.85. The number of rotatable bonds is 6. The number of nitrogens with one attached hydrogen (secondary N) is 1. The fourth-order valence-corrected chi connectivity index (χ4v) is 3.83. The average molecular weight is 385 g/mol. The molecule has 0 fully saturated rings. The summed E-state index contributed by atoms with van der Waals surface area (Å²) in [5.41, 5.74) is 1.75. The average Bonchev–Trinajstić information content (AvgIpc) is 2.99. The van der Waals surface area contributed by atoms with E-state index in [-0.39, 0.29) is 22.9 Å². The highest BCUT2D eigenvalue weighted by molar-refractivity contribution is 7.91. The van der Waals surface area contributed by atoms with Crippen LogP contribution in [-0.4, -0.2) is 39.8 Å². The maximum Gasteiger partial charge on any atom is 0.226 e. The first-order valence-corrected chi connectivity index (χ1v) is 9.94. The molecule has 1 N–H and O–H groups in total. The van der Waals surface area contributed by atoms with Gasteiger partial charge in [-0.05, 0) is 32.0 Å². The molecule has 8 nitrogen and oxygen atoms in total. The van der Waals surface area contributed by atoms with Crippen molar-refractivity contribution in [2.75, 3.05) is 11.1 Å². The summed E-state index contributed by atoms with van der Waals surface area (Å²) in [5.74, 6) is 0.0862. The molecule has 140 valence electrons. The molecule has 1 amide bonds. The van der Waals surface area contributed by atoms with Gasteiger partial charge in [0.05, 0.1) is 16.3 Å². The van der Waals surface area contributed by atoms with E-state index in [1.54, 1.807) is 28.9 Å². The fourth-order valence-electron chi connectivity index (χ4n) is 2.57. The van der Waals surface area contributed by atoms with E-state index in [0.29, 0.717) is 5.82 Å². The molecule has 0 aliphatic rings. The van der Waals surface area contributed by atoms with Crippen LogP contribution in [0.3, 0.4) is 0 Å². The van der Waals surface area contributed by atoms with E-state index in [9.17, 15) is 13.2 Å². The van der Waals surface area contributed by atoms with Crippen LogP contribution in [0.25, 0.3) is 5.82 Å². The fraction of sp³-hybridized carbons (Fsp3) is 0.222. The maximum atomic E-state index is 12.3. The van der Waals surface area contributed by atoms with Crippen LogP contribution in [0, 0.1) is 13.8 Å². The van der Waals surface area contributed by atoms with Crippen LogP contribution in [0.15, 0.2) is 53.7 Å². The van der Waals surface area contributed by atoms with E-state index in [1.165, 1.54) is 18.5 Å². The Kier molecular flexibility index (Phi) is 5.31. The van der Waals surface area contributed by atoms with Crippen molar-refractivity contribution in [1.29, 1.82) is 0 Å². The number of anilines is 1. The number of aryl methyl sites for hydroxylation is 2. The summed E-state index contributed by atoms with van der Waals surface area (Å²) in [6.45, 7) is 3.77. The molecular formula is C18H19N5O3S. The number of carbonyl (C=O) groups excluding carboxylic acids is 1. The number of amides is 1. The van der Waals surface area contributed by atoms with E-state index >= 15 is 0 Å². The summed E-state index contributed by atoms with van der Waals surface area (Å²) >= 11 is 0. The number of hydrogen-bond acceptors (Lipinski definition) is 6. The predicted octanol–water partition coefficient (Wildman–Crippen LogP) is 2.08. The minimum Gasteiger partial charge on any atom is -0.311 e. The Balaban J connectivity index is 1.66. The van der Waals surface area contributed by atoms with Crippen LogP contribution in [-0.2, 0) is 14.6 Å². The van der Waals surface area contributed by atoms with Crippen molar-refractivity contribution in [2.24, 2.45) is 0 Å². The lowest BCUT2D eigenvalue weighted by Gasteiger charge is -2.08. The van der Waals surface area contributed by atoms with Crippen molar-refractivity contribution in [3.8, 4) is 5.82 Å². The molecule has 3 rings (SSSR count). The largest absolute Gasteiger partial charge is 0.311 e. The summed E-state index contributed by atoms with van der Waals surface area (Å²) in [5, 5.41) is 6.94. The van der Waals surface area contributed by atoms with Gasteiger partial charge in [0.2, 0.25) is 5.91 Å². The Hall–Kier alpha value is -3.07. The lowest BCUT2D eigenvalue weighted by molar-refractivity contribution is -0.115. The smallest absolute Gasteiger partial charge is 0.226 e. The first kappa shape index (κ1) is 18.7. The summed E-state index contributed by atoms with van der Waals surface area (Å²) in [4.78, 5) is 20.5. The third kappa shape index (κ3) is 4.56. The summed E-state index contributed by atoms with van der Waals surface area (Å²) in [6, 6.07) is 11.6. The van der Waals surface area contributed by atoms with Gasteiger partial charge in [0.15, 0.2) is 15.7 Å². The third-order valence-corrected chi connectivity index (χ3v) is 5.58. The maximum absolute atomic E-state index is 12.3. The lowest BCUT2D eigenvalue weighted by atomic mass is 10.4. The zero-order valence-corrected chi connectivity index (χ0v) is 15.8. The van der Waals surface area contributed by atoms with Crippen LogP contribution >= 0.6 is 0 Å². The number of nitrogens with zero attached hydrogens (tertiary/aromatic N) is 4. The van der Waals surface area contributed by atoms with Gasteiger partial charge in [-0.2, -0.15) is 5.10 Å². The molecule has 0 atom stereocenters. The molecule has 0 spiro atoms. The molecule has 0 unspecified atom stereocenters. The highest BCUT2D eigenvalue weighted by Crippen LogP contribution is 2.14. The molecule has 0 aliphatic carbocycles. The van der Waals surface area contributed by atoms with E-state index in [2.05, 4.69) is 20.4 Å². The molecule has 9 heteroatoms. The minimum atomic E-state index is -3.51. The standard InChI is InChI=1S/C18H19N5O3S/c1-13-10-14(2)23(22-13)17-11-16(19-12-20-17)21-18(24)8-9-27(25,26)15-6-4-3-5-7-15/h3-7,10-12H,8-9H2,1-2H3,(H,19,20,21,24). The van der Waals surface area contributed by atoms with Crippen LogP contribution in [0.2, 0.25) is 0 Å². The Morgan fingerprint density at radius 1 is 1.11 bits per heavy atom. The topological polar surface area (TPSA) is 107 Å². The van der Waals surface area contributed by atoms with Crippen LogP contribution in [0.4, 0.5) is 5.82 Å². The molecule has 3 aromatic rings. The first-order valence-electron chi connectivity index (χ1n) is 8.28. The monoisotopic (exact) mass is 385 g/mol. The van der Waals surface area contributed by atoms with Gasteiger partial charge in [-0.25, -0.2) is 23.1 Å². The number of carbonyl (C=O) groups is 1. The van der Waals surface area contributed by atoms with Gasteiger partial charge in [-0.1, -0.05) is 18.2 Å². The Morgan fingerprint density at radius 3 is 2.52 bits per heavy atom. The van der Waals surface area contributed by atoms with Crippen molar-refractivity contribution in [3.05, 3.63) is 60.2 Å². The van der Waals surface area contributed by atoms with Gasteiger partial charge in [-0.3, -0.25) is 4.79 Å². The second kappa shape index (κ2) is 7.67. The van der Waals surface area contributed by atoms with E-state index in [4.69, 9.17) is 0 Å². The van der Waals surface area contributed by atoms with Gasteiger partial charge in [-0.15, -0.1) is 0 Å². The van der Waals surface area contributed by atoms with Gasteiger partial charge in [0, 0.05) is 18.2 Å². The van der Waals surface area contributed by atoms with Gasteiger partial charge >= 0.3 is 0 Å². The van der Waals surface area contributed by atoms with Gasteiger partial charge in [0.25, 0.3) is 0 Å². The zero-order chi connectivity index (χ0) is 19.4. The summed E-state index contributed by atoms with van der Waals surface area (Å²) in [7, 11) is -3.51. The number of aromatic nitrogens is 4. The molecular weight excluding hydrogens is 366 g/mol. The van der Waals surface area contributed by atoms with E-state index < -0.39 is 15.7 Å². The highest BCUT2D eigenvalue weighted by Gasteiger charge is 2.16. The van der Waals surface area contributed by atoms with Crippen molar-refractivity contribution in [1.82, 2.24) is 19.7 Å². The predicted molar refractivity (Wildman–Crippen MR) is 100 cm³/mol. The van der Waals surface area contributed by atoms with Crippen molar-refractivity contribution >= 4 is 21.6 Å². The van der Waals surface area contributed by atoms with Crippen LogP contribution in [0.5, 0.6) is 0 Å². The molecule has 2 aromatic heterocycles. The van der Waals surface area contributed by atoms with Crippen molar-refractivity contribution in [2.45, 2.75) is 25.2 Å². The lowest BCUT2D eigenvalue weighted by Crippen LogP contribution is -2.18. The second-order valence-electron chi connectivity index (χ2n) is 6.03. The molecule has 27 heavy (non-hydrogen) atoms. The second-order valence-corrected chi connectivity index (χ2v) is 8.14. The molecule has 0 bridgehead atoms. The Bertz CT molecular complexity index is 1060. The SMILES string of the molecule is Cc1cc(C)n(-c2cc(NC(=O)CCS(=O)(=O)c3ccccc3)ncn2)n1. The molecule has 0 saturated carbocycles. The summed E-state index contributed by atoms with van der Waals surface area (Å²) in [6.07, 6.45) is 1.15. The Labute approximate surface area is 157 Å². The first-order chi connectivity index (χ1) is 12.8. The summed E-state index contributed by atoms with van der Waals surface area (Å²) < 4.78 is 26.1. The van der Waals surface area contributed by atoms with E-state index in [0.717, 1.165) is 11.4 Å². The number of benzene rings is 1. The van der Waals surface area contributed by atoms with Gasteiger partial charge < -0.3 is 5.32 Å². The quantitative estimate of drug-likeness (QED) is 0.696. The molecule has 1 aromatic carbocycles. The van der Waals surface area contributed by atoms with Gasteiger partial charge in [0.1, 0.15) is 12.1 Å². The zero-order valence-electron chi connectivity index (χ0n) is 15.0. The molecule has 0 saturated heterocycles. The van der Waals surface area contributed by atoms with Crippen LogP contribution in [0.1, 0.15) is 17.8 Å². The molecule has 0 aliphatic heterocycles.